The average Bonchev–Trinajstić information content (AvgIpc) is 3.14. The van der Waals surface area contributed by atoms with Crippen LogP contribution in [0.4, 0.5) is 10.2 Å². The lowest BCUT2D eigenvalue weighted by atomic mass is 9.61. The molecule has 5 rings (SSSR count). The molecule has 27 heavy (non-hydrogen) atoms. The Kier molecular flexibility index (Phi) is 4.74. The Labute approximate surface area is 164 Å². The number of fused-ring (bicyclic) bond motifs is 3. The van der Waals surface area contributed by atoms with Crippen LogP contribution in [0.1, 0.15) is 30.6 Å². The molecule has 0 amide bonds. The monoisotopic (exact) mass is 406 g/mol. The first-order chi connectivity index (χ1) is 13.0. The summed E-state index contributed by atoms with van der Waals surface area (Å²) in [6.07, 6.45) is 3.64. The molecule has 0 aliphatic heterocycles. The molecule has 0 spiro atoms. The maximum absolute atomic E-state index is 15.1. The molecule has 2 aromatic heterocycles. The van der Waals surface area contributed by atoms with Crippen LogP contribution >= 0.6 is 22.9 Å². The van der Waals surface area contributed by atoms with Gasteiger partial charge >= 0.3 is 5.97 Å². The van der Waals surface area contributed by atoms with Gasteiger partial charge in [0.25, 0.3) is 0 Å². The highest BCUT2D eigenvalue weighted by atomic mass is 35.5. The molecular formula is C18H16ClFN4O2S. The minimum Gasteiger partial charge on any atom is -0.481 e. The number of thiophene rings is 1. The normalized spacial score (nSPS) is 26.6. The topological polar surface area (TPSA) is 98.9 Å². The maximum atomic E-state index is 15.1. The van der Waals surface area contributed by atoms with Crippen molar-refractivity contribution in [2.45, 2.75) is 31.7 Å². The first-order valence-corrected chi connectivity index (χ1v) is 9.90. The number of nitrogens with zero attached hydrogens (tertiary/aromatic N) is 3. The number of hydrogen-bond acceptors (Lipinski definition) is 6. The van der Waals surface area contributed by atoms with Gasteiger partial charge in [-0.05, 0) is 61.3 Å². The number of aliphatic carboxylic acids is 1. The number of carboxylic acid groups (broad SMARTS) is 1. The van der Waals surface area contributed by atoms with Gasteiger partial charge in [0.1, 0.15) is 16.6 Å². The molecule has 0 aromatic carbocycles. The zero-order valence-electron chi connectivity index (χ0n) is 14.2. The number of carbonyl (C=O) groups is 1. The third-order valence-corrected chi connectivity index (χ3v) is 6.75. The van der Waals surface area contributed by atoms with Gasteiger partial charge in [-0.15, -0.1) is 11.3 Å². The van der Waals surface area contributed by atoms with Gasteiger partial charge in [-0.25, -0.2) is 9.37 Å². The summed E-state index contributed by atoms with van der Waals surface area (Å²) in [5.41, 5.74) is 0.0110. The zero-order chi connectivity index (χ0) is 19.1. The van der Waals surface area contributed by atoms with E-state index in [4.69, 9.17) is 16.9 Å². The van der Waals surface area contributed by atoms with Gasteiger partial charge in [0.2, 0.25) is 5.28 Å². The van der Waals surface area contributed by atoms with Crippen molar-refractivity contribution in [3.63, 3.8) is 0 Å². The summed E-state index contributed by atoms with van der Waals surface area (Å²) in [4.78, 5) is 20.6. The molecule has 2 aromatic rings. The van der Waals surface area contributed by atoms with E-state index in [0.29, 0.717) is 9.75 Å². The third-order valence-electron chi connectivity index (χ3n) is 5.58. The van der Waals surface area contributed by atoms with Crippen molar-refractivity contribution in [3.8, 4) is 16.6 Å². The fourth-order valence-electron chi connectivity index (χ4n) is 4.37. The van der Waals surface area contributed by atoms with E-state index in [2.05, 4.69) is 15.3 Å². The summed E-state index contributed by atoms with van der Waals surface area (Å²) in [7, 11) is 0. The number of nitrogens with one attached hydrogen (secondary N) is 1. The van der Waals surface area contributed by atoms with Gasteiger partial charge in [0.15, 0.2) is 11.6 Å². The Morgan fingerprint density at radius 2 is 2.00 bits per heavy atom. The lowest BCUT2D eigenvalue weighted by Crippen LogP contribution is -2.51. The van der Waals surface area contributed by atoms with Crippen LogP contribution in [0.5, 0.6) is 0 Å². The number of hydrogen-bond donors (Lipinski definition) is 2. The molecule has 3 saturated carbocycles. The lowest BCUT2D eigenvalue weighted by molar-refractivity contribution is -0.148. The van der Waals surface area contributed by atoms with Crippen LogP contribution < -0.4 is 5.32 Å². The number of nitriles is 1. The van der Waals surface area contributed by atoms with E-state index in [1.54, 1.807) is 12.1 Å². The molecule has 2 bridgehead atoms. The number of rotatable bonds is 4. The number of carboxylic acids is 1. The molecule has 3 aliphatic carbocycles. The summed E-state index contributed by atoms with van der Waals surface area (Å²) < 4.78 is 15.1. The standard InChI is InChI=1S/C18H16ClFN4O2S/c19-18-23-15(11-6-5-10(7-21)27-11)13(20)16(24-18)22-14-9-3-1-8(2-4-9)12(14)17(25)26/h5-6,8-9,12,14H,1-4H2,(H,25,26)(H,22,23,24). The maximum Gasteiger partial charge on any atom is 0.308 e. The Balaban J connectivity index is 1.70. The van der Waals surface area contributed by atoms with Gasteiger partial charge in [0.05, 0.1) is 10.8 Å². The van der Waals surface area contributed by atoms with Crippen LogP contribution in [-0.4, -0.2) is 27.1 Å². The van der Waals surface area contributed by atoms with Crippen molar-refractivity contribution in [1.82, 2.24) is 9.97 Å². The van der Waals surface area contributed by atoms with Crippen LogP contribution in [0.2, 0.25) is 5.28 Å². The van der Waals surface area contributed by atoms with Crippen LogP contribution in [0, 0.1) is 34.9 Å². The molecule has 6 nitrogen and oxygen atoms in total. The van der Waals surface area contributed by atoms with Gasteiger partial charge in [0, 0.05) is 6.04 Å². The minimum absolute atomic E-state index is 0.0110. The molecule has 0 radical (unpaired) electrons. The molecule has 2 atom stereocenters. The Morgan fingerprint density at radius 1 is 1.30 bits per heavy atom. The van der Waals surface area contributed by atoms with Gasteiger partial charge in [-0.2, -0.15) is 10.2 Å². The number of anilines is 1. The Morgan fingerprint density at radius 3 is 2.63 bits per heavy atom. The average molecular weight is 407 g/mol. The van der Waals surface area contributed by atoms with Crippen molar-refractivity contribution >= 4 is 34.7 Å². The van der Waals surface area contributed by atoms with Crippen LogP contribution in [0.15, 0.2) is 12.1 Å². The van der Waals surface area contributed by atoms with Crippen molar-refractivity contribution in [1.29, 1.82) is 5.26 Å². The third kappa shape index (κ3) is 3.26. The van der Waals surface area contributed by atoms with Gasteiger partial charge in [-0.1, -0.05) is 0 Å². The van der Waals surface area contributed by atoms with E-state index in [-0.39, 0.29) is 34.7 Å². The van der Waals surface area contributed by atoms with E-state index in [9.17, 15) is 9.90 Å². The summed E-state index contributed by atoms with van der Waals surface area (Å²) in [5.74, 6) is -1.93. The second-order valence-corrected chi connectivity index (χ2v) is 8.41. The molecular weight excluding hydrogens is 391 g/mol. The second-order valence-electron chi connectivity index (χ2n) is 6.99. The minimum atomic E-state index is -0.861. The predicted octanol–water partition coefficient (Wildman–Crippen LogP) is 4.17. The van der Waals surface area contributed by atoms with Crippen molar-refractivity contribution in [2.75, 3.05) is 5.32 Å². The highest BCUT2D eigenvalue weighted by Crippen LogP contribution is 2.46. The van der Waals surface area contributed by atoms with E-state index < -0.39 is 17.7 Å². The molecule has 2 heterocycles. The van der Waals surface area contributed by atoms with E-state index in [1.165, 1.54) is 0 Å². The van der Waals surface area contributed by atoms with Gasteiger partial charge in [-0.3, -0.25) is 4.79 Å². The second kappa shape index (κ2) is 7.06. The fourth-order valence-corrected chi connectivity index (χ4v) is 5.33. The molecule has 0 saturated heterocycles. The quantitative estimate of drug-likeness (QED) is 0.739. The highest BCUT2D eigenvalue weighted by molar-refractivity contribution is 7.15. The van der Waals surface area contributed by atoms with Gasteiger partial charge < -0.3 is 10.4 Å². The summed E-state index contributed by atoms with van der Waals surface area (Å²) >= 11 is 7.11. The predicted molar refractivity (Wildman–Crippen MR) is 99.0 cm³/mol. The first kappa shape index (κ1) is 18.1. The SMILES string of the molecule is N#Cc1ccc(-c2nc(Cl)nc(NC3C4CCC(CC4)C3C(=O)O)c2F)s1. The summed E-state index contributed by atoms with van der Waals surface area (Å²) in [6.45, 7) is 0. The Bertz CT molecular complexity index is 936. The van der Waals surface area contributed by atoms with Crippen LogP contribution in [0.25, 0.3) is 10.6 Å². The Hall–Kier alpha value is -2.24. The molecule has 2 N–H and O–H groups in total. The molecule has 3 aliphatic rings. The van der Waals surface area contributed by atoms with E-state index in [1.807, 2.05) is 6.07 Å². The molecule has 9 heteroatoms. The van der Waals surface area contributed by atoms with Crippen LogP contribution in [-0.2, 0) is 4.79 Å². The summed E-state index contributed by atoms with van der Waals surface area (Å²) in [5, 5.41) is 21.5. The summed E-state index contributed by atoms with van der Waals surface area (Å²) in [6, 6.07) is 4.81. The smallest absolute Gasteiger partial charge is 0.308 e. The lowest BCUT2D eigenvalue weighted by Gasteiger charge is -2.47. The van der Waals surface area contributed by atoms with Crippen LogP contribution in [0.3, 0.4) is 0 Å². The fraction of sp³-hybridized carbons (Fsp3) is 0.444. The number of aromatic nitrogens is 2. The van der Waals surface area contributed by atoms with Crippen molar-refractivity contribution < 1.29 is 14.3 Å². The van der Waals surface area contributed by atoms with Crippen molar-refractivity contribution in [3.05, 3.63) is 28.1 Å². The highest BCUT2D eigenvalue weighted by Gasteiger charge is 2.47. The number of halogens is 2. The van der Waals surface area contributed by atoms with E-state index in [0.717, 1.165) is 37.0 Å². The largest absolute Gasteiger partial charge is 0.481 e. The molecule has 3 fully saturated rings. The first-order valence-electron chi connectivity index (χ1n) is 8.70. The molecule has 140 valence electrons. The zero-order valence-corrected chi connectivity index (χ0v) is 15.7. The van der Waals surface area contributed by atoms with Crippen molar-refractivity contribution in [2.24, 2.45) is 17.8 Å². The van der Waals surface area contributed by atoms with E-state index >= 15 is 4.39 Å². The molecule has 2 unspecified atom stereocenters.